The molecule has 30 nitrogen and oxygen atoms in total. The molecule has 0 aliphatic rings. The number of nitrogens with two attached hydrogens (primary N) is 4. The van der Waals surface area contributed by atoms with Crippen LogP contribution in [0, 0.1) is 0 Å². The molecule has 82 heavy (non-hydrogen) atoms. The Kier molecular flexibility index (Phi) is 39.9. The maximum Gasteiger partial charge on any atom is 0.305 e. The zero-order valence-electron chi connectivity index (χ0n) is 48.4. The minimum Gasteiger partial charge on any atom is -0.481 e. The Hall–Kier alpha value is -7.66. The van der Waals surface area contributed by atoms with Gasteiger partial charge in [0.05, 0.1) is 32.6 Å². The summed E-state index contributed by atoms with van der Waals surface area (Å²) in [7, 11) is 0. The SMILES string of the molecule is CCCCCCCCCCCCCCCC(=O)N[C@@H](C)C(=O)N[C@@H](C)C(=O)N[C@@H](C)C(=O)N[C@@H](C)C(=O)NCC(=O)NCC(=O)NCC(=O)N[C@@H](CCCCN)C(=O)N[C@@H](CCCN=C(N)N)C(=O)NCC(=O)N[C@@H](CC(=O)O)C(N)=O. The lowest BCUT2D eigenvalue weighted by Crippen LogP contribution is -2.56. The summed E-state index contributed by atoms with van der Waals surface area (Å²) in [6.45, 7) is 5.39. The number of hydrogen-bond donors (Lipinski definition) is 16. The molecule has 0 saturated heterocycles. The second-order valence-electron chi connectivity index (χ2n) is 20.0. The van der Waals surface area contributed by atoms with Gasteiger partial charge in [0, 0.05) is 13.0 Å². The molecule has 0 aromatic heterocycles. The van der Waals surface area contributed by atoms with Crippen molar-refractivity contribution >= 4 is 82.8 Å². The molecular formula is C52H94N16O14. The molecule has 0 aliphatic carbocycles. The zero-order valence-corrected chi connectivity index (χ0v) is 48.4. The first kappa shape index (κ1) is 74.3. The van der Waals surface area contributed by atoms with E-state index in [4.69, 9.17) is 28.0 Å². The normalized spacial score (nSPS) is 13.3. The predicted molar refractivity (Wildman–Crippen MR) is 303 cm³/mol. The molecule has 12 amide bonds. The molecule has 0 heterocycles. The van der Waals surface area contributed by atoms with E-state index < -0.39 is 146 Å². The Labute approximate surface area is 480 Å². The van der Waals surface area contributed by atoms with Crippen LogP contribution in [0.1, 0.15) is 163 Å². The molecule has 0 radical (unpaired) electrons. The lowest BCUT2D eigenvalue weighted by atomic mass is 10.0. The van der Waals surface area contributed by atoms with Crippen molar-refractivity contribution in [1.82, 2.24) is 58.5 Å². The third-order valence-electron chi connectivity index (χ3n) is 12.5. The van der Waals surface area contributed by atoms with Gasteiger partial charge in [0.2, 0.25) is 70.9 Å². The van der Waals surface area contributed by atoms with Crippen molar-refractivity contribution in [3.63, 3.8) is 0 Å². The molecule has 20 N–H and O–H groups in total. The first-order valence-electron chi connectivity index (χ1n) is 28.3. The Morgan fingerprint density at radius 2 is 0.805 bits per heavy atom. The van der Waals surface area contributed by atoms with Gasteiger partial charge in [-0.1, -0.05) is 84.0 Å². The number of carboxylic acid groups (broad SMARTS) is 1. The first-order chi connectivity index (χ1) is 38.8. The van der Waals surface area contributed by atoms with E-state index in [1.807, 2.05) is 0 Å². The number of nitrogens with one attached hydrogen (secondary N) is 11. The van der Waals surface area contributed by atoms with Crippen LogP contribution in [0.2, 0.25) is 0 Å². The molecule has 0 aromatic rings. The fourth-order valence-electron chi connectivity index (χ4n) is 7.68. The summed E-state index contributed by atoms with van der Waals surface area (Å²) in [5.74, 6) is -11.1. The summed E-state index contributed by atoms with van der Waals surface area (Å²) in [5, 5.41) is 35.1. The molecule has 0 unspecified atom stereocenters. The van der Waals surface area contributed by atoms with E-state index >= 15 is 0 Å². The smallest absolute Gasteiger partial charge is 0.305 e. The molecule has 30 heteroatoms. The number of guanidine groups is 1. The van der Waals surface area contributed by atoms with Gasteiger partial charge in [0.1, 0.15) is 42.3 Å². The number of hydrogen-bond acceptors (Lipinski definition) is 15. The minimum atomic E-state index is -1.57. The second kappa shape index (κ2) is 44.1. The highest BCUT2D eigenvalue weighted by Gasteiger charge is 2.29. The van der Waals surface area contributed by atoms with E-state index in [0.29, 0.717) is 19.3 Å². The molecule has 0 aliphatic heterocycles. The second-order valence-corrected chi connectivity index (χ2v) is 20.0. The van der Waals surface area contributed by atoms with E-state index in [2.05, 4.69) is 70.4 Å². The fourth-order valence-corrected chi connectivity index (χ4v) is 7.68. The monoisotopic (exact) mass is 1170 g/mol. The molecule has 0 rings (SSSR count). The lowest BCUT2D eigenvalue weighted by Gasteiger charge is -2.23. The highest BCUT2D eigenvalue weighted by Crippen LogP contribution is 2.13. The molecule has 466 valence electrons. The van der Waals surface area contributed by atoms with E-state index in [1.54, 1.807) is 0 Å². The van der Waals surface area contributed by atoms with Gasteiger partial charge < -0.3 is 86.5 Å². The average Bonchev–Trinajstić information content (AvgIpc) is 3.44. The van der Waals surface area contributed by atoms with Gasteiger partial charge in [0.25, 0.3) is 0 Å². The van der Waals surface area contributed by atoms with Crippen LogP contribution in [0.15, 0.2) is 4.99 Å². The number of nitrogens with zero attached hydrogens (tertiary/aromatic N) is 1. The van der Waals surface area contributed by atoms with Crippen LogP contribution in [-0.4, -0.2) is 169 Å². The van der Waals surface area contributed by atoms with Gasteiger partial charge in [-0.2, -0.15) is 0 Å². The van der Waals surface area contributed by atoms with E-state index in [-0.39, 0.29) is 50.6 Å². The molecule has 0 aromatic carbocycles. The number of carboxylic acids is 1. The van der Waals surface area contributed by atoms with E-state index in [0.717, 1.165) is 19.3 Å². The van der Waals surface area contributed by atoms with Crippen molar-refractivity contribution in [2.45, 2.75) is 205 Å². The molecule has 0 bridgehead atoms. The van der Waals surface area contributed by atoms with E-state index in [9.17, 15) is 62.3 Å². The number of aliphatic carboxylic acids is 1. The van der Waals surface area contributed by atoms with Crippen LogP contribution in [0.4, 0.5) is 0 Å². The van der Waals surface area contributed by atoms with Crippen LogP contribution in [0.3, 0.4) is 0 Å². The topological polar surface area (TPSA) is 491 Å². The minimum absolute atomic E-state index is 0.0360. The summed E-state index contributed by atoms with van der Waals surface area (Å²) in [6, 6.07) is -8.53. The fraction of sp³-hybridized carbons (Fsp3) is 0.731. The number of primary amides is 1. The highest BCUT2D eigenvalue weighted by atomic mass is 16.4. The molecule has 0 spiro atoms. The van der Waals surface area contributed by atoms with Crippen molar-refractivity contribution in [2.24, 2.45) is 27.9 Å². The van der Waals surface area contributed by atoms with Gasteiger partial charge in [-0.25, -0.2) is 0 Å². The van der Waals surface area contributed by atoms with Gasteiger partial charge in [-0.15, -0.1) is 0 Å². The number of carbonyl (C=O) groups is 13. The Bertz CT molecular complexity index is 2110. The predicted octanol–water partition coefficient (Wildman–Crippen LogP) is -3.45. The van der Waals surface area contributed by atoms with Crippen LogP contribution >= 0.6 is 0 Å². The largest absolute Gasteiger partial charge is 0.481 e. The van der Waals surface area contributed by atoms with Crippen molar-refractivity contribution in [3.05, 3.63) is 0 Å². The van der Waals surface area contributed by atoms with Crippen LogP contribution < -0.4 is 81.4 Å². The quantitative estimate of drug-likeness (QED) is 0.0160. The van der Waals surface area contributed by atoms with Gasteiger partial charge >= 0.3 is 5.97 Å². The molecule has 0 saturated carbocycles. The van der Waals surface area contributed by atoms with Crippen LogP contribution in [0.25, 0.3) is 0 Å². The van der Waals surface area contributed by atoms with Crippen molar-refractivity contribution < 1.29 is 67.4 Å². The first-order valence-corrected chi connectivity index (χ1v) is 28.3. The van der Waals surface area contributed by atoms with Crippen molar-refractivity contribution in [3.8, 4) is 0 Å². The van der Waals surface area contributed by atoms with Crippen LogP contribution in [0.5, 0.6) is 0 Å². The molecule has 0 fully saturated rings. The average molecular weight is 1170 g/mol. The number of unbranched alkanes of at least 4 members (excludes halogenated alkanes) is 13. The Morgan fingerprint density at radius 1 is 0.402 bits per heavy atom. The zero-order chi connectivity index (χ0) is 62.0. The summed E-state index contributed by atoms with van der Waals surface area (Å²) in [5.41, 5.74) is 21.5. The third-order valence-corrected chi connectivity index (χ3v) is 12.5. The summed E-state index contributed by atoms with van der Waals surface area (Å²) < 4.78 is 0. The van der Waals surface area contributed by atoms with Gasteiger partial charge in [-0.05, 0) is 72.8 Å². The lowest BCUT2D eigenvalue weighted by molar-refractivity contribution is -0.140. The van der Waals surface area contributed by atoms with E-state index in [1.165, 1.54) is 85.5 Å². The molecule has 7 atom stereocenters. The number of amides is 12. The summed E-state index contributed by atoms with van der Waals surface area (Å²) >= 11 is 0. The number of aliphatic imine (C=N–C) groups is 1. The maximum absolute atomic E-state index is 13.5. The van der Waals surface area contributed by atoms with Crippen molar-refractivity contribution in [2.75, 3.05) is 39.3 Å². The molecular weight excluding hydrogens is 1070 g/mol. The maximum atomic E-state index is 13.5. The number of carbonyl (C=O) groups excluding carboxylic acids is 12. The van der Waals surface area contributed by atoms with Gasteiger partial charge in [0.15, 0.2) is 5.96 Å². The highest BCUT2D eigenvalue weighted by molar-refractivity contribution is 5.97. The Morgan fingerprint density at radius 3 is 1.28 bits per heavy atom. The number of rotatable bonds is 46. The third kappa shape index (κ3) is 37.3. The van der Waals surface area contributed by atoms with Crippen molar-refractivity contribution in [1.29, 1.82) is 0 Å². The summed E-state index contributed by atoms with van der Waals surface area (Å²) in [4.78, 5) is 167. The standard InChI is InChI=1S/C52H94N16O14/c1-6-7-8-9-10-11-12-13-14-15-16-17-18-24-39(69)62-33(3)47(78)64-35(5)49(80)65-34(4)48(79)63-32(2)46(77)60-29-41(71)58-28-40(70)59-30-42(72)66-37(22-19-20-25-53)51(82)68-36(23-21-26-57-52(55)56)50(81)61-31-43(73)67-38(45(54)76)27-44(74)75/h32-38H,6-31,53H2,1-5H3,(H2,54,76)(H,58,71)(H,59,70)(H,60,77)(H,61,81)(H,62,69)(H,63,79)(H,64,78)(H,65,80)(H,66,72)(H,67,73)(H,68,82)(H,74,75)(H4,55,56,57)/t32-,33-,34-,35-,36-,37-,38-/m0/s1. The Balaban J connectivity index is 4.95. The van der Waals surface area contributed by atoms with Crippen LogP contribution in [-0.2, 0) is 62.3 Å². The van der Waals surface area contributed by atoms with Gasteiger partial charge in [-0.3, -0.25) is 67.3 Å². The summed E-state index contributed by atoms with van der Waals surface area (Å²) in [6.07, 6.45) is 15.7.